The predicted octanol–water partition coefficient (Wildman–Crippen LogP) is 6.95. The first kappa shape index (κ1) is 21.0. The van der Waals surface area contributed by atoms with E-state index in [1.807, 2.05) is 36.2 Å². The topological polar surface area (TPSA) is 45.2 Å². The molecule has 3 aromatic rings. The van der Waals surface area contributed by atoms with Gasteiger partial charge >= 0.3 is 0 Å². The fourth-order valence-corrected chi connectivity index (χ4v) is 4.77. The maximum atomic E-state index is 12.7. The van der Waals surface area contributed by atoms with Crippen LogP contribution in [-0.4, -0.2) is 23.2 Å². The predicted molar refractivity (Wildman–Crippen MR) is 128 cm³/mol. The van der Waals surface area contributed by atoms with Gasteiger partial charge in [-0.15, -0.1) is 0 Å². The summed E-state index contributed by atoms with van der Waals surface area (Å²) in [5, 5.41) is 4.06. The molecule has 0 atom stereocenters. The Bertz CT molecular complexity index is 1030. The minimum absolute atomic E-state index is 0.169. The summed E-state index contributed by atoms with van der Waals surface area (Å²) in [6.45, 7) is 1.04. The molecule has 4 nitrogen and oxygen atoms in total. The van der Waals surface area contributed by atoms with Gasteiger partial charge in [-0.3, -0.25) is 9.78 Å². The van der Waals surface area contributed by atoms with Crippen molar-refractivity contribution in [3.63, 3.8) is 0 Å². The maximum absolute atomic E-state index is 12.7. The van der Waals surface area contributed by atoms with Crippen LogP contribution in [0.2, 0.25) is 10.0 Å². The van der Waals surface area contributed by atoms with Crippen molar-refractivity contribution < 1.29 is 4.79 Å². The van der Waals surface area contributed by atoms with E-state index in [9.17, 15) is 4.79 Å². The Hall–Kier alpha value is -2.21. The first-order chi connectivity index (χ1) is 14.6. The summed E-state index contributed by atoms with van der Waals surface area (Å²) in [5.41, 5.74) is 3.76. The minimum Gasteiger partial charge on any atom is -0.322 e. The first-order valence-electron chi connectivity index (χ1n) is 9.83. The van der Waals surface area contributed by atoms with Gasteiger partial charge in [-0.2, -0.15) is 0 Å². The molecule has 1 amide bonds. The van der Waals surface area contributed by atoms with Crippen LogP contribution >= 0.6 is 35.1 Å². The highest BCUT2D eigenvalue weighted by Crippen LogP contribution is 2.31. The summed E-state index contributed by atoms with van der Waals surface area (Å²) < 4.78 is 2.32. The Morgan fingerprint density at radius 3 is 2.63 bits per heavy atom. The molecule has 2 heterocycles. The van der Waals surface area contributed by atoms with E-state index in [1.54, 1.807) is 36.5 Å². The average Bonchev–Trinajstić information content (AvgIpc) is 3.05. The van der Waals surface area contributed by atoms with Crippen LogP contribution in [0.25, 0.3) is 11.3 Å². The number of halogens is 2. The molecule has 2 aromatic carbocycles. The van der Waals surface area contributed by atoms with E-state index in [1.165, 1.54) is 19.3 Å². The number of aromatic nitrogens is 1. The molecule has 0 unspecified atom stereocenters. The van der Waals surface area contributed by atoms with E-state index in [4.69, 9.17) is 23.2 Å². The van der Waals surface area contributed by atoms with Gasteiger partial charge < -0.3 is 9.62 Å². The van der Waals surface area contributed by atoms with Crippen molar-refractivity contribution in [1.82, 2.24) is 4.98 Å². The van der Waals surface area contributed by atoms with Crippen molar-refractivity contribution in [2.45, 2.75) is 19.3 Å². The molecule has 1 aliphatic rings. The molecule has 0 saturated carbocycles. The van der Waals surface area contributed by atoms with Crippen molar-refractivity contribution in [2.24, 2.45) is 0 Å². The monoisotopic (exact) mass is 457 g/mol. The normalized spacial score (nSPS) is 14.3. The van der Waals surface area contributed by atoms with Crippen LogP contribution in [0.3, 0.4) is 0 Å². The highest BCUT2D eigenvalue weighted by Gasteiger charge is 2.13. The zero-order chi connectivity index (χ0) is 20.9. The SMILES string of the molecule is O=C(Nc1ccc(Cl)c(-c2cc(Cl)ccn2)c1)c1ccc(N2CCCCCS2)cc1. The highest BCUT2D eigenvalue weighted by molar-refractivity contribution is 8.00. The molecular formula is C23H21Cl2N3OS. The molecule has 30 heavy (non-hydrogen) atoms. The number of rotatable bonds is 4. The van der Waals surface area contributed by atoms with Crippen LogP contribution < -0.4 is 9.62 Å². The van der Waals surface area contributed by atoms with Crippen LogP contribution in [-0.2, 0) is 0 Å². The second-order valence-corrected chi connectivity index (χ2v) is 9.00. The molecule has 1 aliphatic heterocycles. The Kier molecular flexibility index (Phi) is 6.82. The Labute approximate surface area is 190 Å². The molecular weight excluding hydrogens is 437 g/mol. The third-order valence-corrected chi connectivity index (χ3v) is 6.63. The van der Waals surface area contributed by atoms with Crippen LogP contribution in [0.5, 0.6) is 0 Å². The number of benzene rings is 2. The van der Waals surface area contributed by atoms with Gasteiger partial charge in [0.05, 0.1) is 10.7 Å². The smallest absolute Gasteiger partial charge is 0.255 e. The van der Waals surface area contributed by atoms with Crippen LogP contribution in [0, 0.1) is 0 Å². The summed E-state index contributed by atoms with van der Waals surface area (Å²) in [4.78, 5) is 17.1. The van der Waals surface area contributed by atoms with Crippen molar-refractivity contribution in [1.29, 1.82) is 0 Å². The number of hydrogen-bond acceptors (Lipinski definition) is 4. The lowest BCUT2D eigenvalue weighted by molar-refractivity contribution is 0.102. The van der Waals surface area contributed by atoms with Gasteiger partial charge in [-0.05, 0) is 79.4 Å². The lowest BCUT2D eigenvalue weighted by Crippen LogP contribution is -2.15. The number of anilines is 2. The van der Waals surface area contributed by atoms with E-state index in [-0.39, 0.29) is 5.91 Å². The van der Waals surface area contributed by atoms with Crippen LogP contribution in [0.1, 0.15) is 29.6 Å². The number of carbonyl (C=O) groups excluding carboxylic acids is 1. The highest BCUT2D eigenvalue weighted by atomic mass is 35.5. The minimum atomic E-state index is -0.169. The number of nitrogens with one attached hydrogen (secondary N) is 1. The molecule has 1 saturated heterocycles. The van der Waals surface area contributed by atoms with Gasteiger partial charge in [-0.25, -0.2) is 0 Å². The van der Waals surface area contributed by atoms with Gasteiger partial charge in [0.15, 0.2) is 0 Å². The number of pyridine rings is 1. The molecule has 7 heteroatoms. The quantitative estimate of drug-likeness (QED) is 0.430. The van der Waals surface area contributed by atoms with Crippen molar-refractivity contribution >= 4 is 52.4 Å². The Morgan fingerprint density at radius 1 is 1.00 bits per heavy atom. The Morgan fingerprint density at radius 2 is 1.83 bits per heavy atom. The molecule has 154 valence electrons. The summed E-state index contributed by atoms with van der Waals surface area (Å²) in [5.74, 6) is 0.972. The van der Waals surface area contributed by atoms with Crippen molar-refractivity contribution in [2.75, 3.05) is 21.9 Å². The zero-order valence-corrected chi connectivity index (χ0v) is 18.6. The summed E-state index contributed by atoms with van der Waals surface area (Å²) in [6.07, 6.45) is 5.37. The second-order valence-electron chi connectivity index (χ2n) is 7.05. The average molecular weight is 458 g/mol. The number of amides is 1. The van der Waals surface area contributed by atoms with Gasteiger partial charge in [0.25, 0.3) is 5.91 Å². The molecule has 4 rings (SSSR count). The van der Waals surface area contributed by atoms with Gasteiger partial charge in [0.2, 0.25) is 0 Å². The lowest BCUT2D eigenvalue weighted by Gasteiger charge is -2.21. The number of carbonyl (C=O) groups is 1. The van der Waals surface area contributed by atoms with E-state index >= 15 is 0 Å². The third-order valence-electron chi connectivity index (χ3n) is 4.89. The second kappa shape index (κ2) is 9.73. The molecule has 1 N–H and O–H groups in total. The fourth-order valence-electron chi connectivity index (χ4n) is 3.31. The van der Waals surface area contributed by atoms with Crippen LogP contribution in [0.4, 0.5) is 11.4 Å². The van der Waals surface area contributed by atoms with E-state index in [2.05, 4.69) is 14.6 Å². The molecule has 0 radical (unpaired) electrons. The molecule has 0 aliphatic carbocycles. The molecule has 0 spiro atoms. The number of nitrogens with zero attached hydrogens (tertiary/aromatic N) is 2. The van der Waals surface area contributed by atoms with Crippen molar-refractivity contribution in [3.8, 4) is 11.3 Å². The third kappa shape index (κ3) is 5.09. The summed E-state index contributed by atoms with van der Waals surface area (Å²) >= 11 is 14.3. The zero-order valence-electron chi connectivity index (χ0n) is 16.3. The van der Waals surface area contributed by atoms with Crippen molar-refractivity contribution in [3.05, 3.63) is 76.4 Å². The first-order valence-corrected chi connectivity index (χ1v) is 11.5. The van der Waals surface area contributed by atoms with Gasteiger partial charge in [0, 0.05) is 46.0 Å². The lowest BCUT2D eigenvalue weighted by atomic mass is 10.1. The van der Waals surface area contributed by atoms with Crippen LogP contribution in [0.15, 0.2) is 60.8 Å². The van der Waals surface area contributed by atoms with E-state index in [0.29, 0.717) is 32.6 Å². The molecule has 0 bridgehead atoms. The fraction of sp³-hybridized carbons (Fsp3) is 0.217. The standard InChI is InChI=1S/C23H21Cl2N3OS/c24-17-10-11-26-22(14-17)20-15-18(6-9-21(20)25)27-23(29)16-4-7-19(8-5-16)28-12-2-1-3-13-30-28/h4-11,14-15H,1-3,12-13H2,(H,27,29). The molecule has 1 aromatic heterocycles. The van der Waals surface area contributed by atoms with Gasteiger partial charge in [0.1, 0.15) is 0 Å². The van der Waals surface area contributed by atoms with E-state index < -0.39 is 0 Å². The maximum Gasteiger partial charge on any atom is 0.255 e. The summed E-state index contributed by atoms with van der Waals surface area (Å²) in [6, 6.07) is 16.5. The Balaban J connectivity index is 1.49. The largest absolute Gasteiger partial charge is 0.322 e. The van der Waals surface area contributed by atoms with E-state index in [0.717, 1.165) is 18.0 Å². The summed E-state index contributed by atoms with van der Waals surface area (Å²) in [7, 11) is 0. The molecule has 1 fully saturated rings. The van der Waals surface area contributed by atoms with Gasteiger partial charge in [-0.1, -0.05) is 29.6 Å². The number of hydrogen-bond donors (Lipinski definition) is 1.